The van der Waals surface area contributed by atoms with Crippen LogP contribution < -0.4 is 4.74 Å². The fourth-order valence-electron chi connectivity index (χ4n) is 1.05. The average Bonchev–Trinajstić information content (AvgIpc) is 2.31. The Bertz CT molecular complexity index is 325. The fraction of sp³-hybridized carbons (Fsp3) is 0.444. The number of carbonyl (C=O) groups excluding carboxylic acids is 1. The summed E-state index contributed by atoms with van der Waals surface area (Å²) in [4.78, 5) is 10.7. The number of esters is 1. The minimum absolute atomic E-state index is 0.0907. The molecular formula is C9H12O4. The molecule has 0 atom stereocenters. The highest BCUT2D eigenvalue weighted by molar-refractivity contribution is 5.71. The quantitative estimate of drug-likeness (QED) is 0.712. The molecule has 0 aliphatic rings. The molecule has 1 heterocycles. The van der Waals surface area contributed by atoms with Crippen molar-refractivity contribution in [2.45, 2.75) is 27.2 Å². The van der Waals surface area contributed by atoms with Crippen molar-refractivity contribution in [2.75, 3.05) is 0 Å². The van der Waals surface area contributed by atoms with Gasteiger partial charge in [0.25, 0.3) is 0 Å². The Labute approximate surface area is 76.1 Å². The van der Waals surface area contributed by atoms with Crippen molar-refractivity contribution in [2.24, 2.45) is 0 Å². The molecule has 1 aromatic heterocycles. The molecule has 0 aromatic carbocycles. The van der Waals surface area contributed by atoms with Crippen molar-refractivity contribution in [3.05, 3.63) is 11.5 Å². The van der Waals surface area contributed by atoms with Gasteiger partial charge in [0.15, 0.2) is 5.76 Å². The molecule has 0 aliphatic carbocycles. The maximum Gasteiger partial charge on any atom is 0.308 e. The number of aromatic hydroxyl groups is 1. The molecule has 0 radical (unpaired) electrons. The van der Waals surface area contributed by atoms with Crippen molar-refractivity contribution < 1.29 is 19.1 Å². The highest BCUT2D eigenvalue weighted by Crippen LogP contribution is 2.36. The van der Waals surface area contributed by atoms with Crippen LogP contribution in [0.2, 0.25) is 0 Å². The summed E-state index contributed by atoms with van der Waals surface area (Å²) in [5, 5.41) is 9.43. The number of ether oxygens (including phenoxy) is 1. The summed E-state index contributed by atoms with van der Waals surface area (Å²) >= 11 is 0. The van der Waals surface area contributed by atoms with Crippen LogP contribution >= 0.6 is 0 Å². The van der Waals surface area contributed by atoms with Crippen molar-refractivity contribution in [3.8, 4) is 11.5 Å². The summed E-state index contributed by atoms with van der Waals surface area (Å²) in [7, 11) is 0. The monoisotopic (exact) mass is 184 g/mol. The topological polar surface area (TPSA) is 59.7 Å². The molecule has 1 N–H and O–H groups in total. The zero-order chi connectivity index (χ0) is 10.0. The van der Waals surface area contributed by atoms with Crippen molar-refractivity contribution in [1.82, 2.24) is 0 Å². The maximum absolute atomic E-state index is 10.7. The third-order valence-corrected chi connectivity index (χ3v) is 1.65. The smallest absolute Gasteiger partial charge is 0.308 e. The van der Waals surface area contributed by atoms with Gasteiger partial charge in [-0.3, -0.25) is 4.79 Å². The lowest BCUT2D eigenvalue weighted by atomic mass is 10.3. The fourth-order valence-corrected chi connectivity index (χ4v) is 1.05. The van der Waals surface area contributed by atoms with Crippen LogP contribution in [0, 0.1) is 6.92 Å². The Morgan fingerprint density at radius 3 is 2.69 bits per heavy atom. The van der Waals surface area contributed by atoms with Gasteiger partial charge < -0.3 is 14.3 Å². The van der Waals surface area contributed by atoms with E-state index in [9.17, 15) is 9.90 Å². The number of hydrogen-bond donors (Lipinski definition) is 1. The standard InChI is InChI=1S/C9H12O4/c1-4-7-9(13-6(3)10)8(11)5(2)12-7/h11H,4H2,1-3H3. The van der Waals surface area contributed by atoms with Crippen LogP contribution in [0.25, 0.3) is 0 Å². The molecule has 1 rings (SSSR count). The van der Waals surface area contributed by atoms with E-state index >= 15 is 0 Å². The highest BCUT2D eigenvalue weighted by Gasteiger charge is 2.18. The second-order valence-corrected chi connectivity index (χ2v) is 2.71. The van der Waals surface area contributed by atoms with E-state index in [-0.39, 0.29) is 11.5 Å². The van der Waals surface area contributed by atoms with E-state index in [1.807, 2.05) is 6.92 Å². The zero-order valence-corrected chi connectivity index (χ0v) is 7.88. The average molecular weight is 184 g/mol. The van der Waals surface area contributed by atoms with Crippen molar-refractivity contribution in [1.29, 1.82) is 0 Å². The van der Waals surface area contributed by atoms with Crippen LogP contribution in [0.5, 0.6) is 11.5 Å². The molecule has 13 heavy (non-hydrogen) atoms. The first kappa shape index (κ1) is 9.64. The van der Waals surface area contributed by atoms with Gasteiger partial charge in [0.1, 0.15) is 5.76 Å². The van der Waals surface area contributed by atoms with Gasteiger partial charge in [-0.15, -0.1) is 0 Å². The van der Waals surface area contributed by atoms with Crippen LogP contribution in [0.3, 0.4) is 0 Å². The third kappa shape index (κ3) is 1.83. The Balaban J connectivity index is 3.08. The van der Waals surface area contributed by atoms with E-state index in [1.54, 1.807) is 6.92 Å². The van der Waals surface area contributed by atoms with Crippen LogP contribution in [-0.4, -0.2) is 11.1 Å². The lowest BCUT2D eigenvalue weighted by Crippen LogP contribution is -2.02. The molecule has 0 aliphatic heterocycles. The van der Waals surface area contributed by atoms with Gasteiger partial charge in [-0.05, 0) is 6.92 Å². The zero-order valence-electron chi connectivity index (χ0n) is 7.88. The van der Waals surface area contributed by atoms with Gasteiger partial charge in [0.2, 0.25) is 11.5 Å². The first-order valence-corrected chi connectivity index (χ1v) is 4.05. The molecule has 0 saturated carbocycles. The number of aryl methyl sites for hydroxylation is 2. The summed E-state index contributed by atoms with van der Waals surface area (Å²) in [6.07, 6.45) is 0.573. The van der Waals surface area contributed by atoms with Gasteiger partial charge in [0, 0.05) is 13.3 Å². The Hall–Kier alpha value is -1.45. The molecule has 0 fully saturated rings. The molecule has 1 aromatic rings. The van der Waals surface area contributed by atoms with Gasteiger partial charge in [-0.25, -0.2) is 0 Å². The summed E-state index contributed by atoms with van der Waals surface area (Å²) < 4.78 is 9.97. The number of furan rings is 1. The molecule has 0 saturated heterocycles. The van der Waals surface area contributed by atoms with E-state index in [0.29, 0.717) is 17.9 Å². The van der Waals surface area contributed by atoms with Crippen LogP contribution in [0.15, 0.2) is 4.42 Å². The third-order valence-electron chi connectivity index (χ3n) is 1.65. The Kier molecular flexibility index (Phi) is 2.60. The predicted octanol–water partition coefficient (Wildman–Crippen LogP) is 1.78. The van der Waals surface area contributed by atoms with Gasteiger partial charge >= 0.3 is 5.97 Å². The predicted molar refractivity (Wildman–Crippen MR) is 45.8 cm³/mol. The SMILES string of the molecule is CCc1oc(C)c(O)c1OC(C)=O. The van der Waals surface area contributed by atoms with Crippen LogP contribution in [0.4, 0.5) is 0 Å². The second kappa shape index (κ2) is 3.51. The first-order valence-electron chi connectivity index (χ1n) is 4.05. The van der Waals surface area contributed by atoms with E-state index in [4.69, 9.17) is 9.15 Å². The van der Waals surface area contributed by atoms with E-state index in [2.05, 4.69) is 0 Å². The van der Waals surface area contributed by atoms with Crippen molar-refractivity contribution in [3.63, 3.8) is 0 Å². The van der Waals surface area contributed by atoms with Gasteiger partial charge in [-0.1, -0.05) is 6.92 Å². The molecule has 4 heteroatoms. The number of rotatable bonds is 2. The minimum Gasteiger partial charge on any atom is -0.502 e. The second-order valence-electron chi connectivity index (χ2n) is 2.71. The molecule has 0 amide bonds. The Morgan fingerprint density at radius 1 is 1.62 bits per heavy atom. The molecule has 72 valence electrons. The normalized spacial score (nSPS) is 10.1. The lowest BCUT2D eigenvalue weighted by molar-refractivity contribution is -0.132. The maximum atomic E-state index is 10.7. The summed E-state index contributed by atoms with van der Waals surface area (Å²) in [5.74, 6) is 0.448. The largest absolute Gasteiger partial charge is 0.502 e. The van der Waals surface area contributed by atoms with E-state index in [1.165, 1.54) is 6.92 Å². The number of carbonyl (C=O) groups is 1. The number of hydrogen-bond acceptors (Lipinski definition) is 4. The van der Waals surface area contributed by atoms with Crippen molar-refractivity contribution >= 4 is 5.97 Å². The van der Waals surface area contributed by atoms with E-state index < -0.39 is 5.97 Å². The van der Waals surface area contributed by atoms with E-state index in [0.717, 1.165) is 0 Å². The highest BCUT2D eigenvalue weighted by atomic mass is 16.5. The molecule has 0 spiro atoms. The minimum atomic E-state index is -0.467. The van der Waals surface area contributed by atoms with Gasteiger partial charge in [0.05, 0.1) is 0 Å². The molecule has 0 unspecified atom stereocenters. The first-order chi connectivity index (χ1) is 6.06. The molecular weight excluding hydrogens is 172 g/mol. The summed E-state index contributed by atoms with van der Waals surface area (Å²) in [5.41, 5.74) is 0. The summed E-state index contributed by atoms with van der Waals surface area (Å²) in [6.45, 7) is 4.74. The Morgan fingerprint density at radius 2 is 2.23 bits per heavy atom. The van der Waals surface area contributed by atoms with Crippen LogP contribution in [-0.2, 0) is 11.2 Å². The lowest BCUT2D eigenvalue weighted by Gasteiger charge is -1.99. The molecule has 4 nitrogen and oxygen atoms in total. The van der Waals surface area contributed by atoms with Crippen LogP contribution in [0.1, 0.15) is 25.4 Å². The molecule has 0 bridgehead atoms. The summed E-state index contributed by atoms with van der Waals surface area (Å²) in [6, 6.07) is 0. The van der Waals surface area contributed by atoms with Gasteiger partial charge in [-0.2, -0.15) is 0 Å².